The Balaban J connectivity index is 1.50. The Bertz CT molecular complexity index is 1560. The van der Waals surface area contributed by atoms with Gasteiger partial charge < -0.3 is 4.98 Å². The molecule has 0 saturated carbocycles. The molecule has 1 amide bonds. The van der Waals surface area contributed by atoms with E-state index in [9.17, 15) is 9.59 Å². The van der Waals surface area contributed by atoms with E-state index < -0.39 is 0 Å². The van der Waals surface area contributed by atoms with Crippen molar-refractivity contribution in [3.05, 3.63) is 63.9 Å². The maximum absolute atomic E-state index is 13.5. The summed E-state index contributed by atoms with van der Waals surface area (Å²) in [7, 11) is 0. The highest BCUT2D eigenvalue weighted by Gasteiger charge is 2.18. The van der Waals surface area contributed by atoms with Crippen molar-refractivity contribution >= 4 is 79.4 Å². The van der Waals surface area contributed by atoms with Gasteiger partial charge in [0.15, 0.2) is 9.50 Å². The van der Waals surface area contributed by atoms with Crippen LogP contribution < -0.4 is 10.9 Å². The van der Waals surface area contributed by atoms with E-state index >= 15 is 0 Å². The van der Waals surface area contributed by atoms with Crippen molar-refractivity contribution in [1.82, 2.24) is 24.7 Å². The summed E-state index contributed by atoms with van der Waals surface area (Å²) in [6, 6.07) is 14.5. The molecule has 2 N–H and O–H groups in total. The number of halogens is 1. The van der Waals surface area contributed by atoms with Crippen LogP contribution in [0.5, 0.6) is 0 Å². The molecule has 5 aromatic rings. The number of carbonyl (C=O) groups excluding carboxylic acids is 1. The molecule has 0 spiro atoms. The normalized spacial score (nSPS) is 11.4. The molecule has 3 heterocycles. The summed E-state index contributed by atoms with van der Waals surface area (Å²) in [5.41, 5.74) is 2.15. The van der Waals surface area contributed by atoms with Crippen molar-refractivity contribution in [2.24, 2.45) is 0 Å². The first-order valence-corrected chi connectivity index (χ1v) is 13.4. The van der Waals surface area contributed by atoms with E-state index in [1.54, 1.807) is 36.0 Å². The van der Waals surface area contributed by atoms with Crippen molar-refractivity contribution in [3.8, 4) is 5.69 Å². The first-order chi connectivity index (χ1) is 16.5. The number of fused-ring (bicyclic) bond motifs is 3. The molecule has 0 bridgehead atoms. The van der Waals surface area contributed by atoms with E-state index in [1.807, 2.05) is 31.2 Å². The van der Waals surface area contributed by atoms with Gasteiger partial charge in [0, 0.05) is 15.9 Å². The van der Waals surface area contributed by atoms with Crippen LogP contribution in [0.25, 0.3) is 27.6 Å². The van der Waals surface area contributed by atoms with Gasteiger partial charge in [-0.05, 0) is 36.1 Å². The summed E-state index contributed by atoms with van der Waals surface area (Å²) in [5.74, 6) is 0.664. The molecule has 3 aromatic heterocycles. The molecule has 2 aromatic carbocycles. The highest BCUT2D eigenvalue weighted by Crippen LogP contribution is 2.28. The van der Waals surface area contributed by atoms with Gasteiger partial charge in [-0.2, -0.15) is 0 Å². The lowest BCUT2D eigenvalue weighted by Gasteiger charge is -2.12. The fourth-order valence-electron chi connectivity index (χ4n) is 3.38. The average molecular weight is 529 g/mol. The highest BCUT2D eigenvalue weighted by molar-refractivity contribution is 8.01. The Labute approximate surface area is 211 Å². The Kier molecular flexibility index (Phi) is 6.59. The molecule has 34 heavy (non-hydrogen) atoms. The maximum atomic E-state index is 13.5. The van der Waals surface area contributed by atoms with Gasteiger partial charge in [-0.3, -0.25) is 19.5 Å². The summed E-state index contributed by atoms with van der Waals surface area (Å²) < 4.78 is 2.29. The molecule has 8 nitrogen and oxygen atoms in total. The minimum absolute atomic E-state index is 0.0454. The first-order valence-electron chi connectivity index (χ1n) is 10.2. The molecule has 0 aliphatic rings. The van der Waals surface area contributed by atoms with E-state index in [1.165, 1.54) is 27.7 Å². The van der Waals surface area contributed by atoms with Gasteiger partial charge >= 0.3 is 0 Å². The molecule has 0 aliphatic heterocycles. The van der Waals surface area contributed by atoms with Gasteiger partial charge in [0.2, 0.25) is 11.0 Å². The number of hydrogen-bond acceptors (Lipinski definition) is 8. The van der Waals surface area contributed by atoms with Crippen molar-refractivity contribution in [2.45, 2.75) is 16.4 Å². The molecule has 0 saturated heterocycles. The zero-order chi connectivity index (χ0) is 23.7. The van der Waals surface area contributed by atoms with E-state index in [0.29, 0.717) is 32.0 Å². The second-order valence-corrected chi connectivity index (χ2v) is 10.9. The zero-order valence-corrected chi connectivity index (χ0v) is 20.9. The van der Waals surface area contributed by atoms with E-state index in [0.717, 1.165) is 21.0 Å². The quantitative estimate of drug-likeness (QED) is 0.169. The third kappa shape index (κ3) is 4.56. The van der Waals surface area contributed by atoms with E-state index in [4.69, 9.17) is 16.6 Å². The van der Waals surface area contributed by atoms with Crippen LogP contribution in [-0.2, 0) is 4.79 Å². The van der Waals surface area contributed by atoms with Crippen LogP contribution in [0.15, 0.2) is 62.8 Å². The Morgan fingerprint density at radius 2 is 1.94 bits per heavy atom. The van der Waals surface area contributed by atoms with Gasteiger partial charge in [-0.25, -0.2) is 4.98 Å². The average Bonchev–Trinajstić information content (AvgIpc) is 3.43. The maximum Gasteiger partial charge on any atom is 0.283 e. The lowest BCUT2D eigenvalue weighted by Crippen LogP contribution is -2.23. The number of aromatic nitrogens is 5. The molecule has 0 fully saturated rings. The van der Waals surface area contributed by atoms with Crippen LogP contribution in [0.3, 0.4) is 0 Å². The minimum Gasteiger partial charge on any atom is -0.349 e. The number of benzene rings is 2. The Morgan fingerprint density at radius 3 is 2.74 bits per heavy atom. The molecule has 0 radical (unpaired) electrons. The fourth-order valence-corrected chi connectivity index (χ4v) is 5.98. The van der Waals surface area contributed by atoms with Crippen LogP contribution >= 0.6 is 46.5 Å². The van der Waals surface area contributed by atoms with Crippen LogP contribution in [-0.4, -0.2) is 42.1 Å². The second-order valence-electron chi connectivity index (χ2n) is 7.05. The largest absolute Gasteiger partial charge is 0.349 e. The lowest BCUT2D eigenvalue weighted by atomic mass is 10.2. The van der Waals surface area contributed by atoms with Gasteiger partial charge in [-0.15, -0.1) is 10.2 Å². The molecule has 5 rings (SSSR count). The topological polar surface area (TPSA) is 106 Å². The number of H-pyrrole nitrogens is 1. The first kappa shape index (κ1) is 22.9. The molecule has 172 valence electrons. The zero-order valence-electron chi connectivity index (χ0n) is 17.7. The van der Waals surface area contributed by atoms with Gasteiger partial charge in [0.25, 0.3) is 5.56 Å². The summed E-state index contributed by atoms with van der Waals surface area (Å²) in [6.45, 7) is 2.03. The number of amides is 1. The van der Waals surface area contributed by atoms with Crippen LogP contribution in [0.4, 0.5) is 5.13 Å². The smallest absolute Gasteiger partial charge is 0.283 e. The summed E-state index contributed by atoms with van der Waals surface area (Å²) >= 11 is 10.1. The van der Waals surface area contributed by atoms with Crippen molar-refractivity contribution in [2.75, 3.05) is 16.8 Å². The predicted molar refractivity (Wildman–Crippen MR) is 140 cm³/mol. The third-order valence-electron chi connectivity index (χ3n) is 4.83. The summed E-state index contributed by atoms with van der Waals surface area (Å²) in [4.78, 5) is 34.1. The lowest BCUT2D eigenvalue weighted by molar-refractivity contribution is -0.113. The highest BCUT2D eigenvalue weighted by atomic mass is 35.5. The summed E-state index contributed by atoms with van der Waals surface area (Å²) in [6.07, 6.45) is 0. The monoisotopic (exact) mass is 528 g/mol. The van der Waals surface area contributed by atoms with Crippen molar-refractivity contribution < 1.29 is 4.79 Å². The van der Waals surface area contributed by atoms with Crippen LogP contribution in [0, 0.1) is 0 Å². The molecule has 0 unspecified atom stereocenters. The van der Waals surface area contributed by atoms with E-state index in [-0.39, 0.29) is 17.2 Å². The number of nitrogens with zero attached hydrogens (tertiary/aromatic N) is 4. The molecule has 0 atom stereocenters. The molecule has 0 aliphatic carbocycles. The number of thioether (sulfide) groups is 2. The number of hydrogen-bond donors (Lipinski definition) is 2. The van der Waals surface area contributed by atoms with Crippen LogP contribution in [0.2, 0.25) is 5.02 Å². The van der Waals surface area contributed by atoms with Crippen molar-refractivity contribution in [3.63, 3.8) is 0 Å². The second kappa shape index (κ2) is 9.79. The minimum atomic E-state index is -0.259. The van der Waals surface area contributed by atoms with Crippen LogP contribution in [0.1, 0.15) is 6.92 Å². The fraction of sp³-hybridized carbons (Fsp3) is 0.136. The Hall–Kier alpha value is -2.86. The Morgan fingerprint density at radius 1 is 1.15 bits per heavy atom. The van der Waals surface area contributed by atoms with Gasteiger partial charge in [0.05, 0.1) is 11.4 Å². The summed E-state index contributed by atoms with van der Waals surface area (Å²) in [5, 5.41) is 13.1. The molecular formula is C22H17ClN6O2S3. The SMILES string of the molecule is CCSc1nnc(NC(=O)CSc2nc3c([nH]c4ccccc43)c(=O)n2-c2ccc(Cl)cc2)s1. The number of carbonyl (C=O) groups is 1. The predicted octanol–water partition coefficient (Wildman–Crippen LogP) is 5.21. The molecular weight excluding hydrogens is 512 g/mol. The van der Waals surface area contributed by atoms with Gasteiger partial charge in [0.1, 0.15) is 11.0 Å². The standard InChI is InChI=1S/C22H17ClN6O2S3/c1-2-32-22-28-27-20(34-22)25-16(30)11-33-21-26-17-14-5-3-4-6-15(14)24-18(17)19(31)29(21)13-9-7-12(23)8-10-13/h3-10,24H,2,11H2,1H3,(H,25,27,30). The van der Waals surface area contributed by atoms with E-state index in [2.05, 4.69) is 20.5 Å². The number of aromatic amines is 1. The third-order valence-corrected chi connectivity index (χ3v) is 7.88. The van der Waals surface area contributed by atoms with Crippen molar-refractivity contribution in [1.29, 1.82) is 0 Å². The molecule has 12 heteroatoms. The number of rotatable bonds is 7. The number of para-hydroxylation sites is 1. The number of anilines is 1. The number of nitrogens with one attached hydrogen (secondary N) is 2. The van der Waals surface area contributed by atoms with Gasteiger partial charge in [-0.1, -0.05) is 71.6 Å².